The van der Waals surface area contributed by atoms with Crippen LogP contribution in [0.1, 0.15) is 19.8 Å². The second kappa shape index (κ2) is 8.85. The van der Waals surface area contributed by atoms with Crippen molar-refractivity contribution in [3.8, 4) is 0 Å². The zero-order valence-corrected chi connectivity index (χ0v) is 9.01. The molecular weight excluding hydrogens is 143 g/mol. The summed E-state index contributed by atoms with van der Waals surface area (Å²) in [5, 5.41) is 9.73. The first-order chi connectivity index (χ1) is 3.77. The molecule has 0 aromatic carbocycles. The smallest absolute Gasteiger partial charge is 0.550 e. The Hall–Kier alpha value is 0.846. The molecule has 0 N–H and O–H groups in total. The van der Waals surface area contributed by atoms with Gasteiger partial charge in [0.15, 0.2) is 0 Å². The maximum absolute atomic E-state index is 9.73. The zero-order chi connectivity index (χ0) is 6.41. The molecule has 0 saturated heterocycles. The van der Waals surface area contributed by atoms with Gasteiger partial charge in [0, 0.05) is 5.97 Å². The van der Waals surface area contributed by atoms with Gasteiger partial charge in [-0.25, -0.2) is 0 Å². The van der Waals surface area contributed by atoms with E-state index in [-0.39, 0.29) is 57.8 Å². The van der Waals surface area contributed by atoms with Crippen LogP contribution >= 0.6 is 0 Å². The van der Waals surface area contributed by atoms with Crippen LogP contribution in [0.2, 0.25) is 0 Å². The summed E-state index contributed by atoms with van der Waals surface area (Å²) in [6.45, 7) is 1.86. The molecule has 0 aliphatic rings. The van der Waals surface area contributed by atoms with Gasteiger partial charge in [0.2, 0.25) is 0 Å². The number of carboxylic acid groups (broad SMARTS) is 1. The molecule has 0 bridgehead atoms. The van der Waals surface area contributed by atoms with Gasteiger partial charge >= 0.3 is 51.4 Å². The van der Waals surface area contributed by atoms with Gasteiger partial charge in [0.05, 0.1) is 0 Å². The number of carbonyl (C=O) groups is 1. The predicted molar refractivity (Wildman–Crippen MR) is 29.1 cm³/mol. The molecule has 0 aromatic rings. The Bertz CT molecular complexity index is 99.2. The van der Waals surface area contributed by atoms with Crippen LogP contribution in [-0.2, 0) is 4.79 Å². The average Bonchev–Trinajstić information content (AvgIpc) is 1.66. The second-order valence-corrected chi connectivity index (χ2v) is 1.48. The maximum Gasteiger partial charge on any atom is 1.00 e. The molecule has 0 saturated carbocycles. The van der Waals surface area contributed by atoms with Crippen LogP contribution in [0.3, 0.4) is 0 Å². The van der Waals surface area contributed by atoms with Crippen LogP contribution in [0.5, 0.6) is 0 Å². The summed E-state index contributed by atoms with van der Waals surface area (Å²) in [6.07, 6.45) is 4.34. The van der Waals surface area contributed by atoms with Gasteiger partial charge in [-0.05, 0) is 19.8 Å². The van der Waals surface area contributed by atoms with Gasteiger partial charge in [-0.15, -0.1) is 0 Å². The third-order valence-corrected chi connectivity index (χ3v) is 0.751. The minimum Gasteiger partial charge on any atom is -0.550 e. The molecule has 9 heavy (non-hydrogen) atoms. The van der Waals surface area contributed by atoms with Gasteiger partial charge in [-0.2, -0.15) is 0 Å². The quantitative estimate of drug-likeness (QED) is 0.321. The van der Waals surface area contributed by atoms with E-state index >= 15 is 0 Å². The monoisotopic (exact) mass is 152 g/mol. The first kappa shape index (κ1) is 12.5. The van der Waals surface area contributed by atoms with Crippen molar-refractivity contribution in [1.82, 2.24) is 0 Å². The number of aliphatic carboxylic acids is 1. The molecule has 0 radical (unpaired) electrons. The van der Waals surface area contributed by atoms with Crippen molar-refractivity contribution >= 4 is 5.97 Å². The molecule has 2 nitrogen and oxygen atoms in total. The van der Waals surface area contributed by atoms with Crippen LogP contribution in [0.15, 0.2) is 12.2 Å². The van der Waals surface area contributed by atoms with Crippen LogP contribution < -0.4 is 56.5 Å². The van der Waals surface area contributed by atoms with E-state index in [1.165, 1.54) is 0 Å². The fourth-order valence-electron chi connectivity index (χ4n) is 0.368. The molecule has 3 heteroatoms. The van der Waals surface area contributed by atoms with E-state index in [9.17, 15) is 9.90 Å². The third-order valence-electron chi connectivity index (χ3n) is 0.751. The summed E-state index contributed by atoms with van der Waals surface area (Å²) in [4.78, 5) is 9.73. The van der Waals surface area contributed by atoms with Gasteiger partial charge in [0.25, 0.3) is 0 Å². The maximum atomic E-state index is 9.73. The first-order valence-electron chi connectivity index (χ1n) is 2.58. The van der Waals surface area contributed by atoms with Gasteiger partial charge < -0.3 is 9.90 Å². The minimum absolute atomic E-state index is 0. The van der Waals surface area contributed by atoms with Crippen molar-refractivity contribution in [1.29, 1.82) is 0 Å². The first-order valence-corrected chi connectivity index (χ1v) is 2.58. The fraction of sp³-hybridized carbons (Fsp3) is 0.500. The van der Waals surface area contributed by atoms with E-state index in [1.54, 1.807) is 6.08 Å². The molecule has 0 aliphatic carbocycles. The number of carbonyl (C=O) groups excluding carboxylic acids is 1. The van der Waals surface area contributed by atoms with Crippen molar-refractivity contribution in [2.24, 2.45) is 0 Å². The van der Waals surface area contributed by atoms with Crippen molar-refractivity contribution in [2.75, 3.05) is 0 Å². The normalized spacial score (nSPS) is 9.00. The van der Waals surface area contributed by atoms with Gasteiger partial charge in [-0.1, -0.05) is 12.2 Å². The Morgan fingerprint density at radius 1 is 1.67 bits per heavy atom. The SMILES string of the molecule is CC=CCCC(=O)[O-].[K+]. The molecule has 46 valence electrons. The summed E-state index contributed by atoms with van der Waals surface area (Å²) in [5.74, 6) is -0.983. The molecule has 0 aliphatic heterocycles. The fourth-order valence-corrected chi connectivity index (χ4v) is 0.368. The predicted octanol–water partition coefficient (Wildman–Crippen LogP) is -2.90. The Kier molecular flexibility index (Phi) is 12.3. The Balaban J connectivity index is 0. The molecule has 0 spiro atoms. The summed E-state index contributed by atoms with van der Waals surface area (Å²) in [5.41, 5.74) is 0. The molecule has 0 unspecified atom stereocenters. The summed E-state index contributed by atoms with van der Waals surface area (Å²) >= 11 is 0. The average molecular weight is 152 g/mol. The summed E-state index contributed by atoms with van der Waals surface area (Å²) in [6, 6.07) is 0. The Morgan fingerprint density at radius 2 is 2.22 bits per heavy atom. The van der Waals surface area contributed by atoms with Crippen molar-refractivity contribution in [3.63, 3.8) is 0 Å². The number of hydrogen-bond acceptors (Lipinski definition) is 2. The Morgan fingerprint density at radius 3 is 2.56 bits per heavy atom. The molecule has 0 rings (SSSR count). The van der Waals surface area contributed by atoms with E-state index in [4.69, 9.17) is 0 Å². The molecule has 0 aromatic heterocycles. The van der Waals surface area contributed by atoms with Gasteiger partial charge in [0.1, 0.15) is 0 Å². The summed E-state index contributed by atoms with van der Waals surface area (Å²) < 4.78 is 0. The van der Waals surface area contributed by atoms with Crippen molar-refractivity contribution in [2.45, 2.75) is 19.8 Å². The number of hydrogen-bond donors (Lipinski definition) is 0. The molecule has 0 amide bonds. The van der Waals surface area contributed by atoms with Crippen LogP contribution in [0, 0.1) is 0 Å². The Labute approximate surface area is 97.8 Å². The van der Waals surface area contributed by atoms with E-state index in [0.29, 0.717) is 6.42 Å². The van der Waals surface area contributed by atoms with E-state index < -0.39 is 5.97 Å². The molecule has 0 fully saturated rings. The van der Waals surface area contributed by atoms with E-state index in [1.807, 2.05) is 13.0 Å². The van der Waals surface area contributed by atoms with Crippen molar-refractivity contribution < 1.29 is 61.3 Å². The van der Waals surface area contributed by atoms with Crippen LogP contribution in [-0.4, -0.2) is 5.97 Å². The van der Waals surface area contributed by atoms with E-state index in [2.05, 4.69) is 0 Å². The topological polar surface area (TPSA) is 40.1 Å². The third kappa shape index (κ3) is 12.1. The number of rotatable bonds is 3. The van der Waals surface area contributed by atoms with Gasteiger partial charge in [-0.3, -0.25) is 0 Å². The van der Waals surface area contributed by atoms with Crippen molar-refractivity contribution in [3.05, 3.63) is 12.2 Å². The standard InChI is InChI=1S/C6H10O2.K/c1-2-3-4-5-6(7)8;/h2-3H,4-5H2,1H3,(H,7,8);/q;+1/p-1. The minimum atomic E-state index is -0.983. The number of carboxylic acids is 1. The van der Waals surface area contributed by atoms with E-state index in [0.717, 1.165) is 0 Å². The largest absolute Gasteiger partial charge is 1.00 e. The molecular formula is C6H9KO2. The summed E-state index contributed by atoms with van der Waals surface area (Å²) in [7, 11) is 0. The zero-order valence-electron chi connectivity index (χ0n) is 5.89. The number of allylic oxidation sites excluding steroid dienone is 2. The van der Waals surface area contributed by atoms with Crippen LogP contribution in [0.25, 0.3) is 0 Å². The molecule has 0 atom stereocenters. The molecule has 0 heterocycles. The van der Waals surface area contributed by atoms with Crippen LogP contribution in [0.4, 0.5) is 0 Å². The second-order valence-electron chi connectivity index (χ2n) is 1.48.